The molecule has 0 aliphatic rings. The van der Waals surface area contributed by atoms with Crippen LogP contribution in [0, 0.1) is 6.92 Å². The average molecular weight is 334 g/mol. The van der Waals surface area contributed by atoms with Gasteiger partial charge in [-0.2, -0.15) is 9.50 Å². The summed E-state index contributed by atoms with van der Waals surface area (Å²) in [6, 6.07) is 6.91. The molecule has 3 rings (SSSR count). The summed E-state index contributed by atoms with van der Waals surface area (Å²) >= 11 is 7.25. The standard InChI is InChI=1S/C14H12ClN5OS/c1-8-11(7-16-13-18-14(22-2)19-20(8)13)12(21)17-10-5-3-9(15)4-6-10/h3-7H,1-2H3,(H,17,21). The highest BCUT2D eigenvalue weighted by Crippen LogP contribution is 2.17. The van der Waals surface area contributed by atoms with Gasteiger partial charge in [0.25, 0.3) is 11.7 Å². The van der Waals surface area contributed by atoms with E-state index in [4.69, 9.17) is 11.6 Å². The highest BCUT2D eigenvalue weighted by Gasteiger charge is 2.15. The third-order valence-corrected chi connectivity index (χ3v) is 3.91. The van der Waals surface area contributed by atoms with Gasteiger partial charge in [0.05, 0.1) is 11.3 Å². The van der Waals surface area contributed by atoms with Gasteiger partial charge in [0.1, 0.15) is 0 Å². The van der Waals surface area contributed by atoms with Gasteiger partial charge in [-0.1, -0.05) is 23.4 Å². The Morgan fingerprint density at radius 3 is 2.73 bits per heavy atom. The number of nitrogens with one attached hydrogen (secondary N) is 1. The molecule has 1 aromatic carbocycles. The lowest BCUT2D eigenvalue weighted by molar-refractivity contribution is 0.102. The van der Waals surface area contributed by atoms with Crippen molar-refractivity contribution in [2.45, 2.75) is 12.1 Å². The minimum atomic E-state index is -0.254. The number of hydrogen-bond acceptors (Lipinski definition) is 5. The van der Waals surface area contributed by atoms with Crippen molar-refractivity contribution >= 4 is 40.7 Å². The molecule has 0 bridgehead atoms. The number of amides is 1. The zero-order chi connectivity index (χ0) is 15.7. The van der Waals surface area contributed by atoms with Crippen molar-refractivity contribution in [3.63, 3.8) is 0 Å². The summed E-state index contributed by atoms with van der Waals surface area (Å²) in [5, 5.41) is 8.34. The summed E-state index contributed by atoms with van der Waals surface area (Å²) in [6.45, 7) is 1.81. The molecule has 0 aliphatic heterocycles. The number of fused-ring (bicyclic) bond motifs is 1. The van der Waals surface area contributed by atoms with Crippen molar-refractivity contribution in [3.05, 3.63) is 46.7 Å². The molecule has 2 heterocycles. The molecule has 112 valence electrons. The fourth-order valence-corrected chi connectivity index (χ4v) is 2.43. The molecule has 1 N–H and O–H groups in total. The van der Waals surface area contributed by atoms with Gasteiger partial charge in [0, 0.05) is 16.9 Å². The Kier molecular flexibility index (Phi) is 4.00. The second kappa shape index (κ2) is 5.94. The SMILES string of the molecule is CSc1nc2ncc(C(=O)Nc3ccc(Cl)cc3)c(C)n2n1. The van der Waals surface area contributed by atoms with Crippen LogP contribution in [0.3, 0.4) is 0 Å². The number of aromatic nitrogens is 4. The largest absolute Gasteiger partial charge is 0.322 e. The maximum Gasteiger partial charge on any atom is 0.259 e. The second-order valence-electron chi connectivity index (χ2n) is 4.53. The van der Waals surface area contributed by atoms with Crippen LogP contribution in [-0.2, 0) is 0 Å². The topological polar surface area (TPSA) is 72.2 Å². The maximum absolute atomic E-state index is 12.4. The molecule has 0 atom stereocenters. The number of carbonyl (C=O) groups is 1. The summed E-state index contributed by atoms with van der Waals surface area (Å²) in [6.07, 6.45) is 3.40. The molecule has 0 radical (unpaired) electrons. The van der Waals surface area contributed by atoms with E-state index < -0.39 is 0 Å². The Balaban J connectivity index is 1.93. The zero-order valence-corrected chi connectivity index (χ0v) is 13.4. The summed E-state index contributed by atoms with van der Waals surface area (Å²) in [7, 11) is 0. The molecule has 0 aliphatic carbocycles. The number of rotatable bonds is 3. The Morgan fingerprint density at radius 1 is 1.32 bits per heavy atom. The molecular formula is C14H12ClN5OS. The summed E-state index contributed by atoms with van der Waals surface area (Å²) < 4.78 is 1.57. The van der Waals surface area contributed by atoms with Gasteiger partial charge in [-0.05, 0) is 37.4 Å². The number of nitrogens with zero attached hydrogens (tertiary/aromatic N) is 4. The Morgan fingerprint density at radius 2 is 2.05 bits per heavy atom. The van der Waals surface area contributed by atoms with E-state index >= 15 is 0 Å². The maximum atomic E-state index is 12.4. The van der Waals surface area contributed by atoms with E-state index in [1.807, 2.05) is 13.2 Å². The molecule has 0 unspecified atom stereocenters. The van der Waals surface area contributed by atoms with Crippen molar-refractivity contribution < 1.29 is 4.79 Å². The molecular weight excluding hydrogens is 322 g/mol. The van der Waals surface area contributed by atoms with Gasteiger partial charge in [-0.25, -0.2) is 4.98 Å². The molecule has 8 heteroatoms. The van der Waals surface area contributed by atoms with Crippen molar-refractivity contribution in [1.29, 1.82) is 0 Å². The van der Waals surface area contributed by atoms with Crippen LogP contribution in [0.4, 0.5) is 5.69 Å². The number of carbonyl (C=O) groups excluding carboxylic acids is 1. The first-order valence-electron chi connectivity index (χ1n) is 6.42. The zero-order valence-electron chi connectivity index (χ0n) is 11.9. The molecule has 0 fully saturated rings. The Labute approximate surface area is 135 Å². The first-order chi connectivity index (χ1) is 10.6. The predicted molar refractivity (Wildman–Crippen MR) is 86.7 cm³/mol. The van der Waals surface area contributed by atoms with E-state index in [0.29, 0.717) is 32.9 Å². The lowest BCUT2D eigenvalue weighted by Gasteiger charge is -2.08. The van der Waals surface area contributed by atoms with E-state index in [1.54, 1.807) is 28.8 Å². The second-order valence-corrected chi connectivity index (χ2v) is 5.74. The highest BCUT2D eigenvalue weighted by atomic mass is 35.5. The molecule has 1 amide bonds. The van der Waals surface area contributed by atoms with Crippen LogP contribution in [0.1, 0.15) is 16.1 Å². The summed E-state index contributed by atoms with van der Waals surface area (Å²) in [4.78, 5) is 20.8. The van der Waals surface area contributed by atoms with Crippen LogP contribution in [-0.4, -0.2) is 31.7 Å². The van der Waals surface area contributed by atoms with Crippen molar-refractivity contribution in [2.24, 2.45) is 0 Å². The number of halogens is 1. The number of thioether (sulfide) groups is 1. The Bertz CT molecular complexity index is 846. The van der Waals surface area contributed by atoms with Crippen LogP contribution < -0.4 is 5.32 Å². The fraction of sp³-hybridized carbons (Fsp3) is 0.143. The fourth-order valence-electron chi connectivity index (χ4n) is 1.96. The average Bonchev–Trinajstić information content (AvgIpc) is 2.94. The Hall–Kier alpha value is -2.12. The van der Waals surface area contributed by atoms with Crippen LogP contribution in [0.5, 0.6) is 0 Å². The quantitative estimate of drug-likeness (QED) is 0.746. The van der Waals surface area contributed by atoms with Gasteiger partial charge in [-0.3, -0.25) is 4.79 Å². The van der Waals surface area contributed by atoms with Gasteiger partial charge >= 0.3 is 0 Å². The monoisotopic (exact) mass is 333 g/mol. The van der Waals surface area contributed by atoms with Crippen LogP contribution in [0.15, 0.2) is 35.6 Å². The molecule has 3 aromatic rings. The normalized spacial score (nSPS) is 10.9. The smallest absolute Gasteiger partial charge is 0.259 e. The molecule has 2 aromatic heterocycles. The van der Waals surface area contributed by atoms with Crippen molar-refractivity contribution in [1.82, 2.24) is 19.6 Å². The molecule has 22 heavy (non-hydrogen) atoms. The molecule has 0 saturated carbocycles. The van der Waals surface area contributed by atoms with Gasteiger partial charge < -0.3 is 5.32 Å². The van der Waals surface area contributed by atoms with Gasteiger partial charge in [0.2, 0.25) is 5.16 Å². The van der Waals surface area contributed by atoms with Crippen molar-refractivity contribution in [3.8, 4) is 0 Å². The van der Waals surface area contributed by atoms with E-state index in [-0.39, 0.29) is 5.91 Å². The van der Waals surface area contributed by atoms with E-state index in [9.17, 15) is 4.79 Å². The lowest BCUT2D eigenvalue weighted by Crippen LogP contribution is -2.16. The highest BCUT2D eigenvalue weighted by molar-refractivity contribution is 7.98. The number of benzene rings is 1. The first kappa shape index (κ1) is 14.8. The minimum absolute atomic E-state index is 0.254. The van der Waals surface area contributed by atoms with Gasteiger partial charge in [-0.15, -0.1) is 5.10 Å². The van der Waals surface area contributed by atoms with Crippen LogP contribution in [0.2, 0.25) is 5.02 Å². The predicted octanol–water partition coefficient (Wildman–Crippen LogP) is 3.06. The molecule has 0 spiro atoms. The van der Waals surface area contributed by atoms with E-state index in [0.717, 1.165) is 0 Å². The number of aryl methyl sites for hydroxylation is 1. The van der Waals surface area contributed by atoms with Crippen molar-refractivity contribution in [2.75, 3.05) is 11.6 Å². The van der Waals surface area contributed by atoms with Crippen LogP contribution >= 0.6 is 23.4 Å². The van der Waals surface area contributed by atoms with E-state index in [2.05, 4.69) is 20.4 Å². The third-order valence-electron chi connectivity index (χ3n) is 3.12. The van der Waals surface area contributed by atoms with Crippen LogP contribution in [0.25, 0.3) is 5.78 Å². The first-order valence-corrected chi connectivity index (χ1v) is 8.02. The molecule has 0 saturated heterocycles. The molecule has 6 nitrogen and oxygen atoms in total. The summed E-state index contributed by atoms with van der Waals surface area (Å²) in [5.41, 5.74) is 1.79. The number of anilines is 1. The third kappa shape index (κ3) is 2.77. The summed E-state index contributed by atoms with van der Waals surface area (Å²) in [5.74, 6) is 0.223. The minimum Gasteiger partial charge on any atom is -0.322 e. The van der Waals surface area contributed by atoms with Gasteiger partial charge in [0.15, 0.2) is 0 Å². The lowest BCUT2D eigenvalue weighted by atomic mass is 10.2. The number of hydrogen-bond donors (Lipinski definition) is 1. The van der Waals surface area contributed by atoms with E-state index in [1.165, 1.54) is 18.0 Å².